The molecule has 0 atom stereocenters. The quantitative estimate of drug-likeness (QED) is 0.835. The van der Waals surface area contributed by atoms with Gasteiger partial charge in [-0.3, -0.25) is 0 Å². The molecule has 1 saturated carbocycles. The zero-order chi connectivity index (χ0) is 11.0. The molecule has 1 N–H and O–H groups in total. The molecule has 0 aliphatic heterocycles. The van der Waals surface area contributed by atoms with Crippen molar-refractivity contribution in [3.05, 3.63) is 24.1 Å². The van der Waals surface area contributed by atoms with E-state index in [-0.39, 0.29) is 0 Å². The lowest BCUT2D eigenvalue weighted by atomic mass is 10.2. The monoisotopic (exact) mass is 216 g/mol. The highest BCUT2D eigenvalue weighted by Crippen LogP contribution is 2.24. The lowest BCUT2D eigenvalue weighted by molar-refractivity contribution is 0.561. The van der Waals surface area contributed by atoms with E-state index >= 15 is 0 Å². The number of benzene rings is 1. The van der Waals surface area contributed by atoms with Gasteiger partial charge in [0.2, 0.25) is 0 Å². The van der Waals surface area contributed by atoms with Crippen molar-refractivity contribution in [2.75, 3.05) is 5.32 Å². The predicted octanol–water partition coefficient (Wildman–Crippen LogP) is 3.49. The number of nitrogens with zero attached hydrogens (tertiary/aromatic N) is 1. The van der Waals surface area contributed by atoms with Crippen molar-refractivity contribution in [2.24, 2.45) is 0 Å². The molecule has 1 fully saturated rings. The SMILES string of the molecule is Cc1nc2cc(NC3CCCC3)ccc2o1. The first-order valence-electron chi connectivity index (χ1n) is 5.95. The first-order valence-corrected chi connectivity index (χ1v) is 5.95. The molecule has 0 amide bonds. The Morgan fingerprint density at radius 3 is 2.94 bits per heavy atom. The smallest absolute Gasteiger partial charge is 0.192 e. The molecule has 3 heteroatoms. The van der Waals surface area contributed by atoms with Gasteiger partial charge in [-0.1, -0.05) is 12.8 Å². The molecule has 0 bridgehead atoms. The fraction of sp³-hybridized carbons (Fsp3) is 0.462. The van der Waals surface area contributed by atoms with Gasteiger partial charge >= 0.3 is 0 Å². The summed E-state index contributed by atoms with van der Waals surface area (Å²) in [4.78, 5) is 4.34. The second-order valence-corrected chi connectivity index (χ2v) is 4.54. The summed E-state index contributed by atoms with van der Waals surface area (Å²) < 4.78 is 5.45. The Bertz CT molecular complexity index is 498. The van der Waals surface area contributed by atoms with Crippen LogP contribution in [0.2, 0.25) is 0 Å². The van der Waals surface area contributed by atoms with Gasteiger partial charge in [0.25, 0.3) is 0 Å². The van der Waals surface area contributed by atoms with Crippen LogP contribution in [0.4, 0.5) is 5.69 Å². The molecule has 16 heavy (non-hydrogen) atoms. The Balaban J connectivity index is 1.86. The molecule has 0 saturated heterocycles. The Kier molecular flexibility index (Phi) is 2.31. The first kappa shape index (κ1) is 9.70. The molecule has 0 radical (unpaired) electrons. The maximum absolute atomic E-state index is 5.45. The normalized spacial score (nSPS) is 17.1. The van der Waals surface area contributed by atoms with Gasteiger partial charge in [0.05, 0.1) is 0 Å². The van der Waals surface area contributed by atoms with E-state index in [4.69, 9.17) is 4.42 Å². The average molecular weight is 216 g/mol. The number of hydrogen-bond acceptors (Lipinski definition) is 3. The lowest BCUT2D eigenvalue weighted by Gasteiger charge is -2.12. The Labute approximate surface area is 94.9 Å². The van der Waals surface area contributed by atoms with Gasteiger partial charge < -0.3 is 9.73 Å². The van der Waals surface area contributed by atoms with E-state index in [2.05, 4.69) is 22.4 Å². The number of aryl methyl sites for hydroxylation is 1. The molecule has 2 aromatic rings. The topological polar surface area (TPSA) is 38.1 Å². The largest absolute Gasteiger partial charge is 0.441 e. The van der Waals surface area contributed by atoms with Crippen LogP contribution in [0, 0.1) is 6.92 Å². The number of anilines is 1. The molecule has 1 aromatic carbocycles. The van der Waals surface area contributed by atoms with Gasteiger partial charge in [-0.2, -0.15) is 0 Å². The Morgan fingerprint density at radius 2 is 2.12 bits per heavy atom. The van der Waals surface area contributed by atoms with E-state index in [1.165, 1.54) is 25.7 Å². The molecular formula is C13H16N2O. The van der Waals surface area contributed by atoms with Crippen LogP contribution < -0.4 is 5.32 Å². The number of nitrogens with one attached hydrogen (secondary N) is 1. The van der Waals surface area contributed by atoms with Crippen molar-refractivity contribution in [2.45, 2.75) is 38.6 Å². The van der Waals surface area contributed by atoms with Crippen LogP contribution in [0.5, 0.6) is 0 Å². The molecule has 1 aliphatic carbocycles. The molecular weight excluding hydrogens is 200 g/mol. The summed E-state index contributed by atoms with van der Waals surface area (Å²) in [6.07, 6.45) is 5.28. The van der Waals surface area contributed by atoms with Crippen LogP contribution in [-0.4, -0.2) is 11.0 Å². The molecule has 1 aromatic heterocycles. The van der Waals surface area contributed by atoms with Crippen LogP contribution in [0.25, 0.3) is 11.1 Å². The number of fused-ring (bicyclic) bond motifs is 1. The second-order valence-electron chi connectivity index (χ2n) is 4.54. The van der Waals surface area contributed by atoms with Crippen LogP contribution in [0.1, 0.15) is 31.6 Å². The minimum absolute atomic E-state index is 0.644. The highest BCUT2D eigenvalue weighted by Gasteiger charge is 2.14. The Hall–Kier alpha value is -1.51. The van der Waals surface area contributed by atoms with E-state index < -0.39 is 0 Å². The third-order valence-electron chi connectivity index (χ3n) is 3.22. The summed E-state index contributed by atoms with van der Waals surface area (Å²) in [5.41, 5.74) is 2.97. The van der Waals surface area contributed by atoms with Crippen LogP contribution in [0.3, 0.4) is 0 Å². The molecule has 0 spiro atoms. The number of hydrogen-bond donors (Lipinski definition) is 1. The van der Waals surface area contributed by atoms with Gasteiger partial charge in [-0.05, 0) is 31.0 Å². The molecule has 84 valence electrons. The molecule has 3 rings (SSSR count). The summed E-state index contributed by atoms with van der Waals surface area (Å²) in [5, 5.41) is 3.56. The standard InChI is InChI=1S/C13H16N2O/c1-9-14-12-8-11(6-7-13(12)16-9)15-10-4-2-3-5-10/h6-8,10,15H,2-5H2,1H3. The number of rotatable bonds is 2. The summed E-state index contributed by atoms with van der Waals surface area (Å²) in [6.45, 7) is 1.88. The van der Waals surface area contributed by atoms with Crippen molar-refractivity contribution >= 4 is 16.8 Å². The minimum atomic E-state index is 0.644. The predicted molar refractivity (Wildman–Crippen MR) is 64.6 cm³/mol. The first-order chi connectivity index (χ1) is 7.81. The van der Waals surface area contributed by atoms with Gasteiger partial charge in [0, 0.05) is 18.7 Å². The van der Waals surface area contributed by atoms with Crippen molar-refractivity contribution in [1.29, 1.82) is 0 Å². The fourth-order valence-electron chi connectivity index (χ4n) is 2.44. The van der Waals surface area contributed by atoms with Crippen molar-refractivity contribution < 1.29 is 4.42 Å². The van der Waals surface area contributed by atoms with E-state index in [0.717, 1.165) is 22.7 Å². The summed E-state index contributed by atoms with van der Waals surface area (Å²) >= 11 is 0. The molecule has 0 unspecified atom stereocenters. The number of aromatic nitrogens is 1. The van der Waals surface area contributed by atoms with Gasteiger partial charge in [-0.15, -0.1) is 0 Å². The van der Waals surface area contributed by atoms with Gasteiger partial charge in [0.15, 0.2) is 11.5 Å². The van der Waals surface area contributed by atoms with E-state index in [1.54, 1.807) is 0 Å². The van der Waals surface area contributed by atoms with Gasteiger partial charge in [-0.25, -0.2) is 4.98 Å². The summed E-state index contributed by atoms with van der Waals surface area (Å²) in [7, 11) is 0. The fourth-order valence-corrected chi connectivity index (χ4v) is 2.44. The summed E-state index contributed by atoms with van der Waals surface area (Å²) in [6, 6.07) is 6.78. The van der Waals surface area contributed by atoms with E-state index in [9.17, 15) is 0 Å². The van der Waals surface area contributed by atoms with Crippen molar-refractivity contribution in [3.63, 3.8) is 0 Å². The molecule has 3 nitrogen and oxygen atoms in total. The van der Waals surface area contributed by atoms with Gasteiger partial charge in [0.1, 0.15) is 5.52 Å². The maximum atomic E-state index is 5.45. The maximum Gasteiger partial charge on any atom is 0.192 e. The molecule has 1 aliphatic rings. The van der Waals surface area contributed by atoms with Crippen molar-refractivity contribution in [3.8, 4) is 0 Å². The van der Waals surface area contributed by atoms with Crippen molar-refractivity contribution in [1.82, 2.24) is 4.98 Å². The highest BCUT2D eigenvalue weighted by atomic mass is 16.3. The zero-order valence-corrected chi connectivity index (χ0v) is 9.49. The Morgan fingerprint density at radius 1 is 1.31 bits per heavy atom. The average Bonchev–Trinajstić information content (AvgIpc) is 2.85. The highest BCUT2D eigenvalue weighted by molar-refractivity contribution is 5.77. The van der Waals surface area contributed by atoms with E-state index in [1.807, 2.05) is 13.0 Å². The summed E-state index contributed by atoms with van der Waals surface area (Å²) in [5.74, 6) is 0.730. The van der Waals surface area contributed by atoms with Crippen LogP contribution >= 0.6 is 0 Å². The third kappa shape index (κ3) is 1.77. The van der Waals surface area contributed by atoms with Crippen LogP contribution in [0.15, 0.2) is 22.6 Å². The minimum Gasteiger partial charge on any atom is -0.441 e. The third-order valence-corrected chi connectivity index (χ3v) is 3.22. The molecule has 1 heterocycles. The van der Waals surface area contributed by atoms with E-state index in [0.29, 0.717) is 6.04 Å². The zero-order valence-electron chi connectivity index (χ0n) is 9.49. The lowest BCUT2D eigenvalue weighted by Crippen LogP contribution is -2.14. The van der Waals surface area contributed by atoms with Crippen LogP contribution in [-0.2, 0) is 0 Å². The second kappa shape index (κ2) is 3.81. The number of oxazole rings is 1.